The molecule has 0 spiro atoms. The maximum atomic E-state index is 12.7. The lowest BCUT2D eigenvalue weighted by Crippen LogP contribution is -2.43. The molecule has 0 saturated carbocycles. The number of nitrogens with one attached hydrogen (secondary N) is 2. The van der Waals surface area contributed by atoms with Gasteiger partial charge in [0.05, 0.1) is 31.0 Å². The molecule has 0 aliphatic rings. The van der Waals surface area contributed by atoms with Crippen LogP contribution in [0.4, 0.5) is 0 Å². The van der Waals surface area contributed by atoms with Crippen molar-refractivity contribution in [3.63, 3.8) is 0 Å². The zero-order valence-corrected chi connectivity index (χ0v) is 43.5. The van der Waals surface area contributed by atoms with Gasteiger partial charge in [0.25, 0.3) is 0 Å². The zero-order valence-electron chi connectivity index (χ0n) is 39.4. The number of ether oxygens (including phenoxy) is 4. The van der Waals surface area contributed by atoms with Gasteiger partial charge in [-0.3, -0.25) is 0 Å². The van der Waals surface area contributed by atoms with Crippen LogP contribution in [0, 0.1) is 3.57 Å². The van der Waals surface area contributed by atoms with E-state index in [1.165, 1.54) is 19.4 Å². The molecule has 0 unspecified atom stereocenters. The molecule has 4 aromatic heterocycles. The first-order valence-corrected chi connectivity index (χ1v) is 27.8. The summed E-state index contributed by atoms with van der Waals surface area (Å²) in [5.41, 5.74) is 4.32. The normalized spacial score (nSPS) is 11.8. The van der Waals surface area contributed by atoms with Crippen LogP contribution in [-0.2, 0) is 9.47 Å². The number of aromatic nitrogens is 4. The van der Waals surface area contributed by atoms with E-state index in [1.54, 1.807) is 33.2 Å². The molecule has 4 heterocycles. The van der Waals surface area contributed by atoms with E-state index in [-0.39, 0.29) is 34.0 Å². The van der Waals surface area contributed by atoms with Gasteiger partial charge in [-0.05, 0) is 127 Å². The van der Waals surface area contributed by atoms with Crippen molar-refractivity contribution in [3.05, 3.63) is 88.0 Å². The molecule has 0 bridgehead atoms. The van der Waals surface area contributed by atoms with Crippen molar-refractivity contribution in [3.8, 4) is 34.4 Å². The van der Waals surface area contributed by atoms with E-state index in [9.17, 15) is 9.59 Å². The molecule has 0 radical (unpaired) electrons. The Hall–Kier alpha value is -4.89. The summed E-state index contributed by atoms with van der Waals surface area (Å²) >= 11 is 2.18. The third-order valence-electron chi connectivity index (χ3n) is 11.3. The molecule has 6 rings (SSSR count). The van der Waals surface area contributed by atoms with Crippen molar-refractivity contribution >= 4 is 85.6 Å². The molecular weight excluding hydrogens is 962 g/mol. The summed E-state index contributed by atoms with van der Waals surface area (Å²) < 4.78 is 34.4. The molecule has 2 aromatic carbocycles. The van der Waals surface area contributed by atoms with Gasteiger partial charge in [0.15, 0.2) is 0 Å². The van der Waals surface area contributed by atoms with Crippen LogP contribution in [0.15, 0.2) is 73.1 Å². The SMILES string of the molecule is CCOC(=O)c1[nH]c2ccc(O[Si](C)(C)C(C)(C)C)cc2c1-c1cccnc1OC.CCOC(=O)c1[nH]c2ccc(O[Si](C)(C)C(C)(C)C)cc2c1I.COc1ncccc1B(O)O. The number of benzene rings is 2. The van der Waals surface area contributed by atoms with Gasteiger partial charge in [-0.25, -0.2) is 19.6 Å². The second kappa shape index (κ2) is 21.4. The summed E-state index contributed by atoms with van der Waals surface area (Å²) in [6, 6.07) is 18.7. The van der Waals surface area contributed by atoms with Crippen LogP contribution in [0.2, 0.25) is 36.3 Å². The second-order valence-corrected chi connectivity index (χ2v) is 28.3. The number of carbonyl (C=O) groups is 2. The lowest BCUT2D eigenvalue weighted by atomic mass is 9.81. The van der Waals surface area contributed by atoms with Crippen molar-refractivity contribution in [2.75, 3.05) is 27.4 Å². The predicted molar refractivity (Wildman–Crippen MR) is 267 cm³/mol. The van der Waals surface area contributed by atoms with Gasteiger partial charge in [0.1, 0.15) is 22.9 Å². The minimum Gasteiger partial charge on any atom is -0.543 e. The Morgan fingerprint density at radius 2 is 1.14 bits per heavy atom. The Morgan fingerprint density at radius 1 is 0.688 bits per heavy atom. The summed E-state index contributed by atoms with van der Waals surface area (Å²) in [6.45, 7) is 26.4. The Balaban J connectivity index is 0.000000232. The number of carbonyl (C=O) groups excluding carboxylic acids is 2. The summed E-state index contributed by atoms with van der Waals surface area (Å²) in [5, 5.41) is 19.6. The molecular formula is C46H62BIN4O10Si2. The van der Waals surface area contributed by atoms with Crippen molar-refractivity contribution < 1.29 is 47.4 Å². The largest absolute Gasteiger partial charge is 0.543 e. The van der Waals surface area contributed by atoms with Gasteiger partial charge < -0.3 is 47.8 Å². The molecule has 0 aliphatic heterocycles. The molecule has 0 saturated heterocycles. The van der Waals surface area contributed by atoms with Crippen LogP contribution in [0.3, 0.4) is 0 Å². The maximum Gasteiger partial charge on any atom is 0.493 e. The molecule has 0 amide bonds. The third-order valence-corrected chi connectivity index (χ3v) is 21.1. The molecule has 6 aromatic rings. The molecule has 18 heteroatoms. The van der Waals surface area contributed by atoms with E-state index in [0.717, 1.165) is 42.4 Å². The molecule has 0 atom stereocenters. The highest BCUT2D eigenvalue weighted by molar-refractivity contribution is 14.1. The summed E-state index contributed by atoms with van der Waals surface area (Å²) in [6.07, 6.45) is 3.18. The maximum absolute atomic E-state index is 12.7. The van der Waals surface area contributed by atoms with Crippen molar-refractivity contribution in [2.24, 2.45) is 0 Å². The Kier molecular flexibility index (Phi) is 17.3. The zero-order chi connectivity index (χ0) is 47.8. The fraction of sp³-hybridized carbons (Fsp3) is 0.391. The minimum absolute atomic E-state index is 0.0750. The quantitative estimate of drug-likeness (QED) is 0.0517. The second-order valence-electron chi connectivity index (χ2n) is 17.8. The van der Waals surface area contributed by atoms with Crippen LogP contribution >= 0.6 is 22.6 Å². The van der Waals surface area contributed by atoms with Gasteiger partial charge in [-0.2, -0.15) is 0 Å². The highest BCUT2D eigenvalue weighted by atomic mass is 127. The lowest BCUT2D eigenvalue weighted by Gasteiger charge is -2.36. The van der Waals surface area contributed by atoms with E-state index in [2.05, 4.69) is 110 Å². The molecule has 0 fully saturated rings. The average Bonchev–Trinajstić information content (AvgIpc) is 3.77. The van der Waals surface area contributed by atoms with Crippen LogP contribution in [-0.4, -0.2) is 93.1 Å². The Bertz CT molecular complexity index is 2550. The van der Waals surface area contributed by atoms with Crippen molar-refractivity contribution in [1.82, 2.24) is 19.9 Å². The highest BCUT2D eigenvalue weighted by Gasteiger charge is 2.40. The van der Waals surface area contributed by atoms with Crippen LogP contribution in [0.1, 0.15) is 76.4 Å². The number of hydrogen-bond donors (Lipinski definition) is 4. The van der Waals surface area contributed by atoms with Crippen molar-refractivity contribution in [2.45, 2.75) is 91.7 Å². The summed E-state index contributed by atoms with van der Waals surface area (Å²) in [4.78, 5) is 39.2. The van der Waals surface area contributed by atoms with Crippen LogP contribution in [0.25, 0.3) is 32.9 Å². The minimum atomic E-state index is -2.01. The number of rotatable bonds is 12. The molecule has 344 valence electrons. The van der Waals surface area contributed by atoms with E-state index in [4.69, 9.17) is 37.8 Å². The molecule has 14 nitrogen and oxygen atoms in total. The first-order valence-electron chi connectivity index (χ1n) is 20.9. The van der Waals surface area contributed by atoms with Crippen LogP contribution < -0.4 is 23.8 Å². The molecule has 64 heavy (non-hydrogen) atoms. The van der Waals surface area contributed by atoms with E-state index in [0.29, 0.717) is 29.4 Å². The number of H-pyrrole nitrogens is 2. The number of halogens is 1. The fourth-order valence-corrected chi connectivity index (χ4v) is 8.67. The molecule has 4 N–H and O–H groups in total. The topological polar surface area (TPSA) is 187 Å². The monoisotopic (exact) mass is 1020 g/mol. The number of hydrogen-bond acceptors (Lipinski definition) is 12. The highest BCUT2D eigenvalue weighted by Crippen LogP contribution is 2.42. The smallest absolute Gasteiger partial charge is 0.493 e. The lowest BCUT2D eigenvalue weighted by molar-refractivity contribution is 0.0511. The van der Waals surface area contributed by atoms with Gasteiger partial charge >= 0.3 is 19.1 Å². The summed E-state index contributed by atoms with van der Waals surface area (Å²) in [5.74, 6) is 1.59. The molecule has 0 aliphatic carbocycles. The van der Waals surface area contributed by atoms with E-state index >= 15 is 0 Å². The first-order chi connectivity index (χ1) is 29.9. The standard InChI is InChI=1S/C23H30N2O4Si.C17H24INO3Si.C6H8BNO3/c1-8-28-22(26)20-19(16-10-9-13-24-21(16)27-5)17-14-15(11-12-18(17)25-20)29-30(6,7)23(2,3)4;1-7-21-16(20)15-14(18)12-10-11(8-9-13(12)19-15)22-23(5,6)17(2,3)4;1-11-6-5(7(9)10)3-2-4-8-6/h9-14,25H,8H2,1-7H3;8-10,19H,7H2,1-6H3;2-4,9-10H,1H3. The summed E-state index contributed by atoms with van der Waals surface area (Å²) in [7, 11) is -2.43. The first kappa shape index (κ1) is 51.7. The number of aromatic amines is 2. The van der Waals surface area contributed by atoms with Gasteiger partial charge in [-0.1, -0.05) is 47.6 Å². The number of fused-ring (bicyclic) bond motifs is 2. The van der Waals surface area contributed by atoms with Gasteiger partial charge in [-0.15, -0.1) is 0 Å². The number of nitrogens with zero attached hydrogens (tertiary/aromatic N) is 2. The Morgan fingerprint density at radius 3 is 1.61 bits per heavy atom. The third kappa shape index (κ3) is 12.3. The number of esters is 2. The van der Waals surface area contributed by atoms with Gasteiger partial charge in [0.2, 0.25) is 28.4 Å². The van der Waals surface area contributed by atoms with E-state index in [1.807, 2.05) is 48.5 Å². The fourth-order valence-electron chi connectivity index (χ4n) is 5.83. The van der Waals surface area contributed by atoms with E-state index < -0.39 is 29.7 Å². The number of pyridine rings is 2. The van der Waals surface area contributed by atoms with Gasteiger partial charge in [0, 0.05) is 50.8 Å². The van der Waals surface area contributed by atoms with Crippen molar-refractivity contribution in [1.29, 1.82) is 0 Å². The predicted octanol–water partition coefficient (Wildman–Crippen LogP) is 9.90. The Labute approximate surface area is 392 Å². The van der Waals surface area contributed by atoms with Crippen LogP contribution in [0.5, 0.6) is 23.3 Å². The number of methoxy groups -OCH3 is 2. The average molecular weight is 1020 g/mol.